The zero-order valence-electron chi connectivity index (χ0n) is 6.15. The van der Waals surface area contributed by atoms with E-state index in [0.29, 0.717) is 0 Å². The predicted octanol–water partition coefficient (Wildman–Crippen LogP) is 1.50. The summed E-state index contributed by atoms with van der Waals surface area (Å²) in [6, 6.07) is 3.37. The second-order valence-corrected chi connectivity index (χ2v) is 3.17. The van der Waals surface area contributed by atoms with Gasteiger partial charge in [0.25, 0.3) is 0 Å². The van der Waals surface area contributed by atoms with Crippen molar-refractivity contribution < 1.29 is 0 Å². The average Bonchev–Trinajstić information content (AvgIpc) is 2.56. The highest BCUT2D eigenvalue weighted by Crippen LogP contribution is 2.18. The van der Waals surface area contributed by atoms with E-state index in [1.54, 1.807) is 18.5 Å². The minimum Gasteiger partial charge on any atom is -0.329 e. The lowest BCUT2D eigenvalue weighted by atomic mass is 10.3. The van der Waals surface area contributed by atoms with Gasteiger partial charge in [-0.1, -0.05) is 0 Å². The molecule has 0 saturated carbocycles. The van der Waals surface area contributed by atoms with Crippen LogP contribution in [0.1, 0.15) is 0 Å². The van der Waals surface area contributed by atoms with Crippen LogP contribution in [-0.2, 0) is 0 Å². The number of nitrogens with zero attached hydrogens (tertiary/aromatic N) is 1. The molecule has 2 heterocycles. The highest BCUT2D eigenvalue weighted by atomic mass is 32.1. The van der Waals surface area contributed by atoms with Gasteiger partial charge in [-0.25, -0.2) is 4.98 Å². The first kappa shape index (κ1) is 7.24. The van der Waals surface area contributed by atoms with Crippen LogP contribution in [0.3, 0.4) is 0 Å². The second-order valence-electron chi connectivity index (χ2n) is 2.28. The van der Waals surface area contributed by atoms with Crippen molar-refractivity contribution in [3.8, 4) is 10.6 Å². The summed E-state index contributed by atoms with van der Waals surface area (Å²) in [6.07, 6.45) is 3.35. The van der Waals surface area contributed by atoms with Crippen molar-refractivity contribution in [3.63, 3.8) is 0 Å². The predicted molar refractivity (Wildman–Crippen MR) is 48.2 cm³/mol. The van der Waals surface area contributed by atoms with Crippen molar-refractivity contribution in [3.05, 3.63) is 40.3 Å². The molecule has 4 heteroatoms. The molecule has 0 fully saturated rings. The molecule has 2 aromatic rings. The van der Waals surface area contributed by atoms with E-state index in [4.69, 9.17) is 0 Å². The summed E-state index contributed by atoms with van der Waals surface area (Å²) in [5.41, 5.74) is 0.774. The first-order chi connectivity index (χ1) is 5.86. The summed E-state index contributed by atoms with van der Waals surface area (Å²) < 4.78 is 0. The molecule has 0 aliphatic rings. The SMILES string of the molecule is O=c1cc(-c2nccs2)cc[nH]1. The van der Waals surface area contributed by atoms with Gasteiger partial charge >= 0.3 is 0 Å². The molecular weight excluding hydrogens is 172 g/mol. The van der Waals surface area contributed by atoms with Crippen LogP contribution < -0.4 is 5.56 Å². The molecule has 2 aromatic heterocycles. The van der Waals surface area contributed by atoms with Crippen LogP contribution in [0.5, 0.6) is 0 Å². The van der Waals surface area contributed by atoms with Gasteiger partial charge in [-0.3, -0.25) is 4.79 Å². The van der Waals surface area contributed by atoms with E-state index >= 15 is 0 Å². The molecular formula is C8H6N2OS. The van der Waals surface area contributed by atoms with E-state index in [-0.39, 0.29) is 5.56 Å². The van der Waals surface area contributed by atoms with Gasteiger partial charge in [0, 0.05) is 29.4 Å². The van der Waals surface area contributed by atoms with Crippen molar-refractivity contribution >= 4 is 11.3 Å². The number of aromatic nitrogens is 2. The molecule has 12 heavy (non-hydrogen) atoms. The monoisotopic (exact) mass is 178 g/mol. The number of hydrogen-bond acceptors (Lipinski definition) is 3. The van der Waals surface area contributed by atoms with Crippen LogP contribution in [0.15, 0.2) is 34.7 Å². The summed E-state index contributed by atoms with van der Waals surface area (Å²) in [5.74, 6) is 0. The van der Waals surface area contributed by atoms with E-state index in [1.165, 1.54) is 11.3 Å². The number of pyridine rings is 1. The number of hydrogen-bond donors (Lipinski definition) is 1. The van der Waals surface area contributed by atoms with Crippen molar-refractivity contribution in [2.75, 3.05) is 0 Å². The largest absolute Gasteiger partial charge is 0.329 e. The van der Waals surface area contributed by atoms with Crippen molar-refractivity contribution in [2.24, 2.45) is 0 Å². The molecule has 0 unspecified atom stereocenters. The topological polar surface area (TPSA) is 45.8 Å². The molecule has 0 aliphatic heterocycles. The molecule has 0 aliphatic carbocycles. The quantitative estimate of drug-likeness (QED) is 0.719. The van der Waals surface area contributed by atoms with Gasteiger partial charge in [0.2, 0.25) is 5.56 Å². The van der Waals surface area contributed by atoms with Gasteiger partial charge in [0.1, 0.15) is 5.01 Å². The Hall–Kier alpha value is -1.42. The Bertz CT molecular complexity index is 419. The summed E-state index contributed by atoms with van der Waals surface area (Å²) in [7, 11) is 0. The molecule has 0 bridgehead atoms. The highest BCUT2D eigenvalue weighted by Gasteiger charge is 1.98. The van der Waals surface area contributed by atoms with E-state index in [2.05, 4.69) is 9.97 Å². The van der Waals surface area contributed by atoms with Gasteiger partial charge < -0.3 is 4.98 Å². The molecule has 0 spiro atoms. The number of rotatable bonds is 1. The fourth-order valence-corrected chi connectivity index (χ4v) is 1.58. The van der Waals surface area contributed by atoms with Crippen LogP contribution in [-0.4, -0.2) is 9.97 Å². The fraction of sp³-hybridized carbons (Fsp3) is 0. The van der Waals surface area contributed by atoms with Gasteiger partial charge in [-0.05, 0) is 6.07 Å². The van der Waals surface area contributed by atoms with Crippen molar-refractivity contribution in [1.82, 2.24) is 9.97 Å². The molecule has 0 radical (unpaired) electrons. The molecule has 3 nitrogen and oxygen atoms in total. The Morgan fingerprint density at radius 2 is 2.42 bits per heavy atom. The number of H-pyrrole nitrogens is 1. The lowest BCUT2D eigenvalue weighted by molar-refractivity contribution is 1.24. The molecule has 0 saturated heterocycles. The van der Waals surface area contributed by atoms with Gasteiger partial charge in [0.15, 0.2) is 0 Å². The minimum absolute atomic E-state index is 0.0947. The van der Waals surface area contributed by atoms with E-state index < -0.39 is 0 Å². The third-order valence-electron chi connectivity index (χ3n) is 1.45. The maximum atomic E-state index is 10.9. The summed E-state index contributed by atoms with van der Waals surface area (Å²) in [4.78, 5) is 17.6. The lowest BCUT2D eigenvalue weighted by Crippen LogP contribution is -2.01. The Kier molecular flexibility index (Phi) is 1.75. The van der Waals surface area contributed by atoms with Crippen LogP contribution in [0.25, 0.3) is 10.6 Å². The second kappa shape index (κ2) is 2.91. The number of nitrogens with one attached hydrogen (secondary N) is 1. The van der Waals surface area contributed by atoms with Crippen molar-refractivity contribution in [2.45, 2.75) is 0 Å². The molecule has 0 atom stereocenters. The van der Waals surface area contributed by atoms with Crippen molar-refractivity contribution in [1.29, 1.82) is 0 Å². The first-order valence-electron chi connectivity index (χ1n) is 3.45. The van der Waals surface area contributed by atoms with Crippen LogP contribution >= 0.6 is 11.3 Å². The Balaban J connectivity index is 2.55. The van der Waals surface area contributed by atoms with E-state index in [1.807, 2.05) is 11.4 Å². The third-order valence-corrected chi connectivity index (χ3v) is 2.28. The van der Waals surface area contributed by atoms with Gasteiger partial charge in [-0.15, -0.1) is 11.3 Å². The van der Waals surface area contributed by atoms with Gasteiger partial charge in [0.05, 0.1) is 0 Å². The molecule has 0 amide bonds. The molecule has 1 N–H and O–H groups in total. The average molecular weight is 178 g/mol. The first-order valence-corrected chi connectivity index (χ1v) is 4.33. The fourth-order valence-electron chi connectivity index (χ4n) is 0.944. The molecule has 0 aromatic carbocycles. The summed E-state index contributed by atoms with van der Waals surface area (Å²) in [6.45, 7) is 0. The molecule has 60 valence electrons. The minimum atomic E-state index is -0.0947. The summed E-state index contributed by atoms with van der Waals surface area (Å²) >= 11 is 1.52. The number of aromatic amines is 1. The number of thiazole rings is 1. The summed E-state index contributed by atoms with van der Waals surface area (Å²) in [5, 5.41) is 2.76. The van der Waals surface area contributed by atoms with Crippen LogP contribution in [0.2, 0.25) is 0 Å². The Morgan fingerprint density at radius 3 is 3.08 bits per heavy atom. The van der Waals surface area contributed by atoms with Gasteiger partial charge in [-0.2, -0.15) is 0 Å². The Labute approximate surface area is 72.7 Å². The maximum Gasteiger partial charge on any atom is 0.248 e. The van der Waals surface area contributed by atoms with E-state index in [9.17, 15) is 4.79 Å². The van der Waals surface area contributed by atoms with Crippen LogP contribution in [0, 0.1) is 0 Å². The molecule has 2 rings (SSSR count). The standard InChI is InChI=1S/C8H6N2OS/c11-7-5-6(1-2-9-7)8-10-3-4-12-8/h1-5H,(H,9,11). The zero-order valence-corrected chi connectivity index (χ0v) is 6.97. The van der Waals surface area contributed by atoms with E-state index in [0.717, 1.165) is 10.6 Å². The smallest absolute Gasteiger partial charge is 0.248 e. The third kappa shape index (κ3) is 1.29. The van der Waals surface area contributed by atoms with Crippen LogP contribution in [0.4, 0.5) is 0 Å². The Morgan fingerprint density at radius 1 is 1.50 bits per heavy atom. The normalized spacial score (nSPS) is 10.0. The lowest BCUT2D eigenvalue weighted by Gasteiger charge is -1.91. The maximum absolute atomic E-state index is 10.9. The zero-order chi connectivity index (χ0) is 8.39. The highest BCUT2D eigenvalue weighted by molar-refractivity contribution is 7.13.